The van der Waals surface area contributed by atoms with Crippen molar-refractivity contribution in [2.45, 2.75) is 116 Å². The quantitative estimate of drug-likeness (QED) is 0.266. The summed E-state index contributed by atoms with van der Waals surface area (Å²) in [5, 5.41) is 5.42. The highest BCUT2D eigenvalue weighted by molar-refractivity contribution is 6.65. The Bertz CT molecular complexity index is 558. The molecule has 2 aliphatic rings. The molecule has 0 saturated heterocycles. The molecule has 0 aromatic carbocycles. The molecule has 212 valence electrons. The van der Waals surface area contributed by atoms with Gasteiger partial charge in [0.1, 0.15) is 10.3 Å². The summed E-state index contributed by atoms with van der Waals surface area (Å²) in [5.74, 6) is 0. The van der Waals surface area contributed by atoms with Crippen LogP contribution < -0.4 is 10.6 Å². The van der Waals surface area contributed by atoms with Crippen molar-refractivity contribution in [3.8, 4) is 0 Å². The van der Waals surface area contributed by atoms with Crippen LogP contribution in [-0.2, 0) is 26.6 Å². The zero-order valence-corrected chi connectivity index (χ0v) is 25.7. The SMILES string of the molecule is CCO[Si](OCC)(OCC)C1(NC(=O)NC2([Si](OCC)(OCC)OCC)CCCCC2)CCCCC1. The van der Waals surface area contributed by atoms with E-state index in [1.807, 2.05) is 41.5 Å². The topological polar surface area (TPSA) is 96.5 Å². The van der Waals surface area contributed by atoms with Crippen molar-refractivity contribution in [3.63, 3.8) is 0 Å². The van der Waals surface area contributed by atoms with E-state index in [0.29, 0.717) is 39.6 Å². The van der Waals surface area contributed by atoms with Crippen LogP contribution in [-0.4, -0.2) is 73.6 Å². The average molecular weight is 549 g/mol. The van der Waals surface area contributed by atoms with Crippen LogP contribution in [0.4, 0.5) is 4.79 Å². The molecule has 2 N–H and O–H groups in total. The largest absolute Gasteiger partial charge is 0.527 e. The van der Waals surface area contributed by atoms with Crippen LogP contribution in [0, 0.1) is 0 Å². The predicted octanol–water partition coefficient (Wildman–Crippen LogP) is 4.87. The van der Waals surface area contributed by atoms with Gasteiger partial charge in [-0.1, -0.05) is 38.5 Å². The number of amides is 2. The van der Waals surface area contributed by atoms with Crippen molar-refractivity contribution < 1.29 is 31.4 Å². The summed E-state index contributed by atoms with van der Waals surface area (Å²) in [6.07, 6.45) is 9.28. The summed E-state index contributed by atoms with van der Waals surface area (Å²) in [4.78, 5) is 14.0. The molecule has 0 aromatic heterocycles. The highest BCUT2D eigenvalue weighted by Gasteiger charge is 2.65. The summed E-state index contributed by atoms with van der Waals surface area (Å²) in [7, 11) is -6.49. The molecule has 0 aromatic rings. The van der Waals surface area contributed by atoms with Gasteiger partial charge in [0.25, 0.3) is 0 Å². The van der Waals surface area contributed by atoms with Crippen molar-refractivity contribution in [2.75, 3.05) is 39.6 Å². The van der Waals surface area contributed by atoms with Crippen LogP contribution in [0.15, 0.2) is 0 Å². The molecule has 0 unspecified atom stereocenters. The first-order valence-corrected chi connectivity index (χ1v) is 17.8. The fourth-order valence-corrected chi connectivity index (χ4v) is 12.9. The van der Waals surface area contributed by atoms with Gasteiger partial charge in [0, 0.05) is 39.6 Å². The van der Waals surface area contributed by atoms with Crippen LogP contribution >= 0.6 is 0 Å². The summed E-state index contributed by atoms with van der Waals surface area (Å²) in [6, 6.07) is -0.245. The third-order valence-electron chi connectivity index (χ3n) is 7.30. The van der Waals surface area contributed by atoms with Crippen LogP contribution in [0.3, 0.4) is 0 Å². The second kappa shape index (κ2) is 15.2. The lowest BCUT2D eigenvalue weighted by molar-refractivity contribution is 0.0250. The maximum atomic E-state index is 14.0. The minimum Gasteiger partial charge on any atom is -0.372 e. The van der Waals surface area contributed by atoms with Gasteiger partial charge in [-0.3, -0.25) is 0 Å². The molecule has 0 atom stereocenters. The molecule has 2 rings (SSSR count). The number of rotatable bonds is 16. The molecule has 0 radical (unpaired) electrons. The fourth-order valence-electron chi connectivity index (χ4n) is 6.01. The van der Waals surface area contributed by atoms with Crippen molar-refractivity contribution in [2.24, 2.45) is 0 Å². The van der Waals surface area contributed by atoms with Gasteiger partial charge in [-0.15, -0.1) is 0 Å². The Morgan fingerprint density at radius 3 is 1.00 bits per heavy atom. The molecule has 36 heavy (non-hydrogen) atoms. The van der Waals surface area contributed by atoms with E-state index in [-0.39, 0.29) is 6.03 Å². The van der Waals surface area contributed by atoms with E-state index in [1.54, 1.807) is 0 Å². The molecule has 2 amide bonds. The molecule has 2 fully saturated rings. The Labute approximate surface area is 221 Å². The first-order valence-electron chi connectivity index (χ1n) is 14.3. The van der Waals surface area contributed by atoms with Gasteiger partial charge in [-0.05, 0) is 67.2 Å². The van der Waals surface area contributed by atoms with Gasteiger partial charge >= 0.3 is 23.6 Å². The summed E-state index contributed by atoms with van der Waals surface area (Å²) in [5.41, 5.74) is 0. The number of carbonyl (C=O) groups excluding carboxylic acids is 1. The monoisotopic (exact) mass is 548 g/mol. The van der Waals surface area contributed by atoms with Crippen LogP contribution in [0.5, 0.6) is 0 Å². The van der Waals surface area contributed by atoms with Crippen LogP contribution in [0.25, 0.3) is 0 Å². The molecule has 0 bridgehead atoms. The maximum Gasteiger partial charge on any atom is 0.527 e. The Morgan fingerprint density at radius 2 is 0.778 bits per heavy atom. The van der Waals surface area contributed by atoms with E-state index in [4.69, 9.17) is 26.6 Å². The van der Waals surface area contributed by atoms with Gasteiger partial charge in [-0.25, -0.2) is 4.79 Å². The minimum atomic E-state index is -3.24. The summed E-state index contributed by atoms with van der Waals surface area (Å²) < 4.78 is 38.0. The third kappa shape index (κ3) is 6.91. The van der Waals surface area contributed by atoms with Gasteiger partial charge in [0.05, 0.1) is 0 Å². The molecular weight excluding hydrogens is 496 g/mol. The second-order valence-corrected chi connectivity index (χ2v) is 15.4. The zero-order chi connectivity index (χ0) is 26.5. The number of nitrogens with one attached hydrogen (secondary N) is 2. The van der Waals surface area contributed by atoms with Crippen LogP contribution in [0.1, 0.15) is 106 Å². The van der Waals surface area contributed by atoms with Crippen molar-refractivity contribution >= 4 is 23.6 Å². The van der Waals surface area contributed by atoms with Crippen molar-refractivity contribution in [1.82, 2.24) is 10.6 Å². The standard InChI is InChI=1S/C25H52N2O7Si2/c1-7-29-35(30-8-2,31-9-3)24(19-15-13-16-20-24)26-23(28)27-25(21-17-14-18-22-25)36(32-10-4,33-11-5)34-12-6/h7-22H2,1-6H3,(H2,26,27,28). The molecule has 11 heteroatoms. The highest BCUT2D eigenvalue weighted by Crippen LogP contribution is 2.40. The van der Waals surface area contributed by atoms with Gasteiger partial charge in [0.15, 0.2) is 0 Å². The number of urea groups is 1. The average Bonchev–Trinajstić information content (AvgIpc) is 2.86. The molecule has 9 nitrogen and oxygen atoms in total. The first kappa shape index (κ1) is 31.7. The van der Waals surface area contributed by atoms with Gasteiger partial charge in [-0.2, -0.15) is 0 Å². The summed E-state index contributed by atoms with van der Waals surface area (Å²) >= 11 is 0. The molecular formula is C25H52N2O7Si2. The number of carbonyl (C=O) groups is 1. The first-order chi connectivity index (χ1) is 17.4. The normalized spacial score (nSPS) is 20.2. The fraction of sp³-hybridized carbons (Fsp3) is 0.960. The van der Waals surface area contributed by atoms with Gasteiger partial charge < -0.3 is 37.2 Å². The summed E-state index contributed by atoms with van der Waals surface area (Å²) in [6.45, 7) is 14.6. The zero-order valence-electron chi connectivity index (χ0n) is 23.7. The molecule has 2 aliphatic carbocycles. The van der Waals surface area contributed by atoms with E-state index in [9.17, 15) is 4.79 Å². The van der Waals surface area contributed by atoms with E-state index >= 15 is 0 Å². The predicted molar refractivity (Wildman–Crippen MR) is 145 cm³/mol. The van der Waals surface area contributed by atoms with Crippen LogP contribution in [0.2, 0.25) is 0 Å². The third-order valence-corrected chi connectivity index (χ3v) is 14.9. The van der Waals surface area contributed by atoms with Crippen molar-refractivity contribution in [3.05, 3.63) is 0 Å². The van der Waals surface area contributed by atoms with Gasteiger partial charge in [0.2, 0.25) is 0 Å². The minimum absolute atomic E-state index is 0.245. The van der Waals surface area contributed by atoms with E-state index in [1.165, 1.54) is 0 Å². The second-order valence-electron chi connectivity index (χ2n) is 9.58. The Morgan fingerprint density at radius 1 is 0.528 bits per heavy atom. The van der Waals surface area contributed by atoms with Crippen molar-refractivity contribution in [1.29, 1.82) is 0 Å². The molecule has 2 saturated carbocycles. The van der Waals surface area contributed by atoms with E-state index in [2.05, 4.69) is 10.6 Å². The maximum absolute atomic E-state index is 14.0. The van der Waals surface area contributed by atoms with E-state index in [0.717, 1.165) is 64.2 Å². The number of hydrogen-bond acceptors (Lipinski definition) is 7. The molecule has 0 spiro atoms. The smallest absolute Gasteiger partial charge is 0.372 e. The lowest BCUT2D eigenvalue weighted by Crippen LogP contribution is -2.77. The van der Waals surface area contributed by atoms with E-state index < -0.39 is 27.9 Å². The number of hydrogen-bond donors (Lipinski definition) is 2. The lowest BCUT2D eigenvalue weighted by Gasteiger charge is -2.50. The Kier molecular flexibility index (Phi) is 13.3. The lowest BCUT2D eigenvalue weighted by atomic mass is 9.93. The molecule has 0 aliphatic heterocycles. The Hall–Kier alpha value is -0.536. The Balaban J connectivity index is 2.46. The molecule has 0 heterocycles. The highest BCUT2D eigenvalue weighted by atomic mass is 28.4.